The van der Waals surface area contributed by atoms with Gasteiger partial charge < -0.3 is 19.3 Å². The van der Waals surface area contributed by atoms with E-state index in [0.717, 1.165) is 61.1 Å². The van der Waals surface area contributed by atoms with E-state index in [1.165, 1.54) is 0 Å². The van der Waals surface area contributed by atoms with Crippen molar-refractivity contribution in [3.63, 3.8) is 0 Å². The van der Waals surface area contributed by atoms with Crippen LogP contribution in [0.1, 0.15) is 48.3 Å². The molecule has 6 heteroatoms. The predicted molar refractivity (Wildman–Crippen MR) is 114 cm³/mol. The predicted octanol–water partition coefficient (Wildman–Crippen LogP) is 3.64. The molecule has 2 aromatic rings. The minimum absolute atomic E-state index is 0.242. The molecule has 154 valence electrons. The third-order valence-corrected chi connectivity index (χ3v) is 5.59. The van der Waals surface area contributed by atoms with Gasteiger partial charge in [0.2, 0.25) is 0 Å². The molecule has 0 N–H and O–H groups in total. The van der Waals surface area contributed by atoms with E-state index < -0.39 is 0 Å². The number of carbonyl (C=O) groups excluding carboxylic acids is 1. The summed E-state index contributed by atoms with van der Waals surface area (Å²) in [4.78, 5) is 22.0. The zero-order valence-electron chi connectivity index (χ0n) is 17.5. The van der Waals surface area contributed by atoms with Gasteiger partial charge in [-0.25, -0.2) is 9.78 Å². The van der Waals surface area contributed by atoms with Crippen LogP contribution in [0, 0.1) is 0 Å². The highest BCUT2D eigenvalue weighted by molar-refractivity contribution is 5.97. The molecular weight excluding hydrogens is 366 g/mol. The number of anilines is 2. The summed E-state index contributed by atoms with van der Waals surface area (Å²) in [6.07, 6.45) is 0.762. The number of rotatable bonds is 5. The Morgan fingerprint density at radius 1 is 1.14 bits per heavy atom. The van der Waals surface area contributed by atoms with Crippen LogP contribution in [0.2, 0.25) is 0 Å². The fraction of sp³-hybridized carbons (Fsp3) is 0.478. The summed E-state index contributed by atoms with van der Waals surface area (Å²) in [5.41, 5.74) is 3.89. The number of para-hydroxylation sites is 2. The van der Waals surface area contributed by atoms with Gasteiger partial charge in [-0.15, -0.1) is 0 Å². The van der Waals surface area contributed by atoms with Crippen LogP contribution < -0.4 is 14.5 Å². The Morgan fingerprint density at radius 3 is 2.59 bits per heavy atom. The summed E-state index contributed by atoms with van der Waals surface area (Å²) in [5, 5.41) is 0. The van der Waals surface area contributed by atoms with Crippen molar-refractivity contribution >= 4 is 17.5 Å². The molecule has 1 saturated heterocycles. The average Bonchev–Trinajstić information content (AvgIpc) is 2.74. The Labute approximate surface area is 172 Å². The Balaban J connectivity index is 1.59. The number of hydrogen-bond acceptors (Lipinski definition) is 6. The minimum atomic E-state index is -0.242. The normalized spacial score (nSPS) is 16.6. The van der Waals surface area contributed by atoms with Crippen molar-refractivity contribution < 1.29 is 14.3 Å². The van der Waals surface area contributed by atoms with E-state index in [9.17, 15) is 4.79 Å². The lowest BCUT2D eigenvalue weighted by molar-refractivity contribution is 0.0480. The SMILES string of the molecule is CCOc1ccccc1N1CCN(c2nc(C(C)C)cc3c2C(=O)OCC3)CC1. The third kappa shape index (κ3) is 3.88. The summed E-state index contributed by atoms with van der Waals surface area (Å²) < 4.78 is 11.1. The van der Waals surface area contributed by atoms with Crippen LogP contribution >= 0.6 is 0 Å². The van der Waals surface area contributed by atoms with E-state index in [2.05, 4.69) is 35.8 Å². The zero-order valence-corrected chi connectivity index (χ0v) is 17.5. The number of benzene rings is 1. The molecule has 6 nitrogen and oxygen atoms in total. The maximum Gasteiger partial charge on any atom is 0.342 e. The quantitative estimate of drug-likeness (QED) is 0.721. The number of pyridine rings is 1. The van der Waals surface area contributed by atoms with Crippen molar-refractivity contribution in [2.24, 2.45) is 0 Å². The van der Waals surface area contributed by atoms with Gasteiger partial charge in [-0.1, -0.05) is 26.0 Å². The first-order valence-corrected chi connectivity index (χ1v) is 10.5. The lowest BCUT2D eigenvalue weighted by atomic mass is 9.98. The lowest BCUT2D eigenvalue weighted by Gasteiger charge is -2.38. The van der Waals surface area contributed by atoms with Crippen molar-refractivity contribution in [1.29, 1.82) is 0 Å². The number of hydrogen-bond donors (Lipinski definition) is 0. The van der Waals surface area contributed by atoms with Crippen LogP contribution in [0.4, 0.5) is 11.5 Å². The molecule has 29 heavy (non-hydrogen) atoms. The summed E-state index contributed by atoms with van der Waals surface area (Å²) in [6, 6.07) is 10.3. The maximum absolute atomic E-state index is 12.5. The van der Waals surface area contributed by atoms with Crippen LogP contribution in [0.25, 0.3) is 0 Å². The zero-order chi connectivity index (χ0) is 20.4. The smallest absolute Gasteiger partial charge is 0.342 e. The second-order valence-corrected chi connectivity index (χ2v) is 7.82. The summed E-state index contributed by atoms with van der Waals surface area (Å²) in [5.74, 6) is 1.78. The fourth-order valence-corrected chi connectivity index (χ4v) is 4.03. The van der Waals surface area contributed by atoms with Gasteiger partial charge in [0.1, 0.15) is 17.1 Å². The van der Waals surface area contributed by atoms with Crippen molar-refractivity contribution in [2.45, 2.75) is 33.1 Å². The number of nitrogens with zero attached hydrogens (tertiary/aromatic N) is 3. The van der Waals surface area contributed by atoms with Gasteiger partial charge in [0.15, 0.2) is 0 Å². The molecule has 0 aliphatic carbocycles. The molecule has 2 aliphatic rings. The number of aromatic nitrogens is 1. The average molecular weight is 396 g/mol. The summed E-state index contributed by atoms with van der Waals surface area (Å²) in [6.45, 7) is 10.7. The molecule has 0 saturated carbocycles. The van der Waals surface area contributed by atoms with Gasteiger partial charge in [0.05, 0.1) is 18.9 Å². The molecule has 3 heterocycles. The molecule has 1 aromatic carbocycles. The number of fused-ring (bicyclic) bond motifs is 1. The third-order valence-electron chi connectivity index (χ3n) is 5.59. The largest absolute Gasteiger partial charge is 0.492 e. The molecule has 4 rings (SSSR count). The topological polar surface area (TPSA) is 54.9 Å². The Morgan fingerprint density at radius 2 is 1.86 bits per heavy atom. The molecule has 0 spiro atoms. The molecule has 0 unspecified atom stereocenters. The monoisotopic (exact) mass is 395 g/mol. The summed E-state index contributed by atoms with van der Waals surface area (Å²) in [7, 11) is 0. The number of esters is 1. The number of ether oxygens (including phenoxy) is 2. The van der Waals surface area contributed by atoms with Gasteiger partial charge in [0.25, 0.3) is 0 Å². The Hall–Kier alpha value is -2.76. The fourth-order valence-electron chi connectivity index (χ4n) is 4.03. The van der Waals surface area contributed by atoms with Crippen LogP contribution in [-0.4, -0.2) is 50.3 Å². The standard InChI is InChI=1S/C23H29N3O3/c1-4-28-20-8-6-5-7-19(20)25-10-12-26(13-11-25)22-21-17(9-14-29-23(21)27)15-18(24-22)16(2)3/h5-8,15-16H,4,9-14H2,1-3H3. The van der Waals surface area contributed by atoms with Crippen molar-refractivity contribution in [3.05, 3.63) is 47.2 Å². The van der Waals surface area contributed by atoms with Crippen molar-refractivity contribution in [1.82, 2.24) is 4.98 Å². The van der Waals surface area contributed by atoms with Crippen molar-refractivity contribution in [2.75, 3.05) is 49.2 Å². The van der Waals surface area contributed by atoms with Crippen LogP contribution in [-0.2, 0) is 11.2 Å². The van der Waals surface area contributed by atoms with Crippen molar-refractivity contribution in [3.8, 4) is 5.75 Å². The highest BCUT2D eigenvalue weighted by Gasteiger charge is 2.30. The van der Waals surface area contributed by atoms with Gasteiger partial charge in [-0.3, -0.25) is 0 Å². The second-order valence-electron chi connectivity index (χ2n) is 7.82. The lowest BCUT2D eigenvalue weighted by Crippen LogP contribution is -2.47. The Bertz CT molecular complexity index is 889. The van der Waals surface area contributed by atoms with E-state index in [0.29, 0.717) is 24.7 Å². The van der Waals surface area contributed by atoms with E-state index in [-0.39, 0.29) is 5.97 Å². The van der Waals surface area contributed by atoms with E-state index in [1.807, 2.05) is 25.1 Å². The molecule has 1 fully saturated rings. The number of piperazine rings is 1. The summed E-state index contributed by atoms with van der Waals surface area (Å²) >= 11 is 0. The van der Waals surface area contributed by atoms with Crippen LogP contribution in [0.15, 0.2) is 30.3 Å². The van der Waals surface area contributed by atoms with Gasteiger partial charge >= 0.3 is 5.97 Å². The van der Waals surface area contributed by atoms with Gasteiger partial charge in [-0.2, -0.15) is 0 Å². The van der Waals surface area contributed by atoms with Gasteiger partial charge in [0, 0.05) is 38.3 Å². The molecule has 0 radical (unpaired) electrons. The van der Waals surface area contributed by atoms with Gasteiger partial charge in [-0.05, 0) is 36.6 Å². The second kappa shape index (κ2) is 8.31. The number of carbonyl (C=O) groups is 1. The van der Waals surface area contributed by atoms with E-state index in [1.54, 1.807) is 0 Å². The number of cyclic esters (lactones) is 1. The molecule has 2 aliphatic heterocycles. The first kappa shape index (κ1) is 19.6. The minimum Gasteiger partial charge on any atom is -0.492 e. The van der Waals surface area contributed by atoms with Crippen LogP contribution in [0.5, 0.6) is 5.75 Å². The first-order chi connectivity index (χ1) is 14.1. The molecular formula is C23H29N3O3. The van der Waals surface area contributed by atoms with E-state index >= 15 is 0 Å². The molecule has 1 aromatic heterocycles. The molecule has 0 bridgehead atoms. The molecule has 0 atom stereocenters. The first-order valence-electron chi connectivity index (χ1n) is 10.5. The van der Waals surface area contributed by atoms with Crippen LogP contribution in [0.3, 0.4) is 0 Å². The maximum atomic E-state index is 12.5. The highest BCUT2D eigenvalue weighted by Crippen LogP contribution is 2.32. The highest BCUT2D eigenvalue weighted by atomic mass is 16.5. The van der Waals surface area contributed by atoms with E-state index in [4.69, 9.17) is 14.5 Å². The Kier molecular flexibility index (Phi) is 5.60. The molecule has 0 amide bonds.